The first-order valence-corrected chi connectivity index (χ1v) is 7.66. The van der Waals surface area contributed by atoms with Gasteiger partial charge in [-0.3, -0.25) is 4.79 Å². The van der Waals surface area contributed by atoms with Gasteiger partial charge in [0.25, 0.3) is 0 Å². The van der Waals surface area contributed by atoms with Crippen LogP contribution in [0.4, 0.5) is 0 Å². The number of pyridine rings is 1. The summed E-state index contributed by atoms with van der Waals surface area (Å²) >= 11 is 2.18. The molecule has 0 aromatic carbocycles. The second-order valence-electron chi connectivity index (χ2n) is 4.94. The van der Waals surface area contributed by atoms with Crippen molar-refractivity contribution in [3.05, 3.63) is 27.6 Å². The topological polar surface area (TPSA) is 42.4 Å². The zero-order chi connectivity index (χ0) is 13.7. The smallest absolute Gasteiger partial charge is 0.219 e. The van der Waals surface area contributed by atoms with Crippen molar-refractivity contribution in [2.75, 3.05) is 19.8 Å². The van der Waals surface area contributed by atoms with Gasteiger partial charge in [0.2, 0.25) is 5.91 Å². The van der Waals surface area contributed by atoms with E-state index in [4.69, 9.17) is 4.74 Å². The van der Waals surface area contributed by atoms with Gasteiger partial charge in [0, 0.05) is 39.4 Å². The van der Waals surface area contributed by atoms with E-state index in [0.717, 1.165) is 41.9 Å². The minimum Gasteiger partial charge on any atom is -0.381 e. The van der Waals surface area contributed by atoms with Crippen LogP contribution in [0.25, 0.3) is 0 Å². The Balaban J connectivity index is 1.95. The summed E-state index contributed by atoms with van der Waals surface area (Å²) in [5.41, 5.74) is 1.09. The number of rotatable bonds is 4. The summed E-state index contributed by atoms with van der Waals surface area (Å²) in [6.07, 6.45) is 3.95. The van der Waals surface area contributed by atoms with Gasteiger partial charge in [-0.05, 0) is 53.0 Å². The number of ether oxygens (including phenoxy) is 1. The number of aromatic nitrogens is 1. The maximum absolute atomic E-state index is 11.8. The second kappa shape index (κ2) is 7.19. The lowest BCUT2D eigenvalue weighted by molar-refractivity contribution is -0.130. The molecule has 4 nitrogen and oxygen atoms in total. The van der Waals surface area contributed by atoms with Crippen molar-refractivity contribution >= 4 is 28.5 Å². The van der Waals surface area contributed by atoms with Crippen LogP contribution in [0.2, 0.25) is 0 Å². The summed E-state index contributed by atoms with van der Waals surface area (Å²) < 4.78 is 6.33. The fourth-order valence-corrected chi connectivity index (χ4v) is 2.58. The number of nitrogens with zero attached hydrogens (tertiary/aromatic N) is 2. The predicted octanol–water partition coefficient (Wildman–Crippen LogP) is 2.46. The van der Waals surface area contributed by atoms with E-state index in [2.05, 4.69) is 27.6 Å². The van der Waals surface area contributed by atoms with Gasteiger partial charge in [-0.25, -0.2) is 4.98 Å². The highest BCUT2D eigenvalue weighted by Gasteiger charge is 2.19. The standard InChI is InChI=1S/C14H19IN2O2/c1-11(18)17(9-12-4-6-19-7-5-12)10-13-2-3-14(15)16-8-13/h2-3,8,12H,4-7,9-10H2,1H3. The summed E-state index contributed by atoms with van der Waals surface area (Å²) in [5.74, 6) is 0.694. The average molecular weight is 374 g/mol. The molecule has 0 spiro atoms. The van der Waals surface area contributed by atoms with Crippen molar-refractivity contribution in [1.29, 1.82) is 0 Å². The number of carbonyl (C=O) groups is 1. The monoisotopic (exact) mass is 374 g/mol. The van der Waals surface area contributed by atoms with Crippen molar-refractivity contribution in [3.8, 4) is 0 Å². The Labute approximate surface area is 127 Å². The number of hydrogen-bond donors (Lipinski definition) is 0. The van der Waals surface area contributed by atoms with Crippen molar-refractivity contribution in [2.45, 2.75) is 26.3 Å². The maximum atomic E-state index is 11.8. The fraction of sp³-hybridized carbons (Fsp3) is 0.571. The summed E-state index contributed by atoms with van der Waals surface area (Å²) in [5, 5.41) is 0. The van der Waals surface area contributed by atoms with Crippen LogP contribution < -0.4 is 0 Å². The van der Waals surface area contributed by atoms with E-state index in [1.807, 2.05) is 23.2 Å². The predicted molar refractivity (Wildman–Crippen MR) is 81.6 cm³/mol. The van der Waals surface area contributed by atoms with Crippen LogP contribution in [0, 0.1) is 9.62 Å². The van der Waals surface area contributed by atoms with Gasteiger partial charge < -0.3 is 9.64 Å². The van der Waals surface area contributed by atoms with Crippen molar-refractivity contribution in [2.24, 2.45) is 5.92 Å². The van der Waals surface area contributed by atoms with E-state index >= 15 is 0 Å². The third kappa shape index (κ3) is 4.72. The molecule has 0 aliphatic carbocycles. The lowest BCUT2D eigenvalue weighted by Gasteiger charge is -2.29. The van der Waals surface area contributed by atoms with Gasteiger partial charge in [-0.2, -0.15) is 0 Å². The third-order valence-electron chi connectivity index (χ3n) is 3.43. The molecule has 0 N–H and O–H groups in total. The minimum absolute atomic E-state index is 0.130. The molecule has 0 radical (unpaired) electrons. The molecule has 1 aromatic rings. The van der Waals surface area contributed by atoms with Crippen LogP contribution in [-0.2, 0) is 16.1 Å². The molecule has 0 unspecified atom stereocenters. The zero-order valence-electron chi connectivity index (χ0n) is 11.1. The van der Waals surface area contributed by atoms with Crippen LogP contribution in [0.15, 0.2) is 18.3 Å². The summed E-state index contributed by atoms with van der Waals surface area (Å²) in [6.45, 7) is 4.75. The number of carbonyl (C=O) groups excluding carboxylic acids is 1. The molecule has 19 heavy (non-hydrogen) atoms. The molecule has 1 aliphatic heterocycles. The molecule has 5 heteroatoms. The van der Waals surface area contributed by atoms with Crippen molar-refractivity contribution in [3.63, 3.8) is 0 Å². The molecular weight excluding hydrogens is 355 g/mol. The molecule has 2 heterocycles. The Morgan fingerprint density at radius 3 is 2.79 bits per heavy atom. The Hall–Kier alpha value is -0.690. The molecule has 2 rings (SSSR count). The zero-order valence-corrected chi connectivity index (χ0v) is 13.3. The van der Waals surface area contributed by atoms with E-state index in [1.54, 1.807) is 6.92 Å². The first-order chi connectivity index (χ1) is 9.15. The lowest BCUT2D eigenvalue weighted by atomic mass is 9.99. The van der Waals surface area contributed by atoms with E-state index in [1.165, 1.54) is 0 Å². The van der Waals surface area contributed by atoms with E-state index < -0.39 is 0 Å². The van der Waals surface area contributed by atoms with Gasteiger partial charge >= 0.3 is 0 Å². The molecule has 104 valence electrons. The highest BCUT2D eigenvalue weighted by Crippen LogP contribution is 2.17. The van der Waals surface area contributed by atoms with Gasteiger partial charge in [-0.1, -0.05) is 6.07 Å². The summed E-state index contributed by atoms with van der Waals surface area (Å²) in [7, 11) is 0. The van der Waals surface area contributed by atoms with Crippen LogP contribution in [0.1, 0.15) is 25.3 Å². The first kappa shape index (κ1) is 14.7. The van der Waals surface area contributed by atoms with Gasteiger partial charge in [0.1, 0.15) is 3.70 Å². The molecule has 1 saturated heterocycles. The minimum atomic E-state index is 0.130. The van der Waals surface area contributed by atoms with Crippen LogP contribution >= 0.6 is 22.6 Å². The molecule has 1 amide bonds. The van der Waals surface area contributed by atoms with Crippen LogP contribution in [-0.4, -0.2) is 35.5 Å². The Bertz CT molecular complexity index is 416. The number of halogens is 1. The molecule has 1 aliphatic rings. The maximum Gasteiger partial charge on any atom is 0.219 e. The van der Waals surface area contributed by atoms with Gasteiger partial charge in [0.05, 0.1) is 0 Å². The van der Waals surface area contributed by atoms with E-state index in [9.17, 15) is 4.79 Å². The first-order valence-electron chi connectivity index (χ1n) is 6.59. The Morgan fingerprint density at radius 2 is 2.21 bits per heavy atom. The SMILES string of the molecule is CC(=O)N(Cc1ccc(I)nc1)CC1CCOCC1. The normalized spacial score (nSPS) is 16.3. The molecule has 0 bridgehead atoms. The summed E-state index contributed by atoms with van der Waals surface area (Å²) in [4.78, 5) is 17.9. The number of hydrogen-bond acceptors (Lipinski definition) is 3. The fourth-order valence-electron chi connectivity index (χ4n) is 2.27. The molecule has 0 saturated carbocycles. The molecule has 0 atom stereocenters. The highest BCUT2D eigenvalue weighted by atomic mass is 127. The second-order valence-corrected chi connectivity index (χ2v) is 6.05. The Morgan fingerprint density at radius 1 is 1.47 bits per heavy atom. The average Bonchev–Trinajstić information content (AvgIpc) is 2.41. The largest absolute Gasteiger partial charge is 0.381 e. The van der Waals surface area contributed by atoms with Gasteiger partial charge in [-0.15, -0.1) is 0 Å². The van der Waals surface area contributed by atoms with Crippen molar-refractivity contribution < 1.29 is 9.53 Å². The number of amides is 1. The lowest BCUT2D eigenvalue weighted by Crippen LogP contribution is -2.35. The molecular formula is C14H19IN2O2. The highest BCUT2D eigenvalue weighted by molar-refractivity contribution is 14.1. The van der Waals surface area contributed by atoms with Crippen LogP contribution in [0.5, 0.6) is 0 Å². The van der Waals surface area contributed by atoms with Gasteiger partial charge in [0.15, 0.2) is 0 Å². The van der Waals surface area contributed by atoms with Crippen molar-refractivity contribution in [1.82, 2.24) is 9.88 Å². The molecule has 1 aromatic heterocycles. The Kier molecular flexibility index (Phi) is 5.57. The molecule has 1 fully saturated rings. The van der Waals surface area contributed by atoms with E-state index in [-0.39, 0.29) is 5.91 Å². The third-order valence-corrected chi connectivity index (χ3v) is 4.06. The van der Waals surface area contributed by atoms with E-state index in [0.29, 0.717) is 12.5 Å². The quantitative estimate of drug-likeness (QED) is 0.601. The van der Waals surface area contributed by atoms with Crippen LogP contribution in [0.3, 0.4) is 0 Å². The summed E-state index contributed by atoms with van der Waals surface area (Å²) in [6, 6.07) is 4.01.